The van der Waals surface area contributed by atoms with E-state index in [1.165, 1.54) is 5.56 Å². The Balaban J connectivity index is 1.33. The van der Waals surface area contributed by atoms with Crippen molar-refractivity contribution in [3.63, 3.8) is 0 Å². The average Bonchev–Trinajstić information content (AvgIpc) is 3.54. The molecule has 5 rings (SSSR count). The topological polar surface area (TPSA) is 102 Å². The van der Waals surface area contributed by atoms with Crippen LogP contribution in [0.25, 0.3) is 10.8 Å². The predicted octanol–water partition coefficient (Wildman–Crippen LogP) is 4.99. The summed E-state index contributed by atoms with van der Waals surface area (Å²) in [7, 11) is 0. The summed E-state index contributed by atoms with van der Waals surface area (Å²) in [5.41, 5.74) is 8.43. The minimum absolute atomic E-state index is 0.151. The number of aromatic nitrogens is 2. The number of nitrogens with zero attached hydrogens (tertiary/aromatic N) is 2. The number of carbonyl (C=O) groups excluding carboxylic acids is 1. The number of anilines is 2. The number of carbonyl (C=O) groups is 1. The molecule has 4 N–H and O–H groups in total. The molecule has 0 saturated heterocycles. The van der Waals surface area contributed by atoms with Gasteiger partial charge in [0.25, 0.3) is 0 Å². The summed E-state index contributed by atoms with van der Waals surface area (Å²) in [5, 5.41) is 7.78. The molecule has 2 unspecified atom stereocenters. The molecular formula is C25H23N5O2. The second-order valence-electron chi connectivity index (χ2n) is 7.92. The molecular weight excluding hydrogens is 402 g/mol. The van der Waals surface area contributed by atoms with Gasteiger partial charge in [0.2, 0.25) is 11.8 Å². The van der Waals surface area contributed by atoms with Gasteiger partial charge < -0.3 is 21.1 Å². The largest absolute Gasteiger partial charge is 0.438 e. The fraction of sp³-hybridized carbons (Fsp3) is 0.160. The zero-order valence-electron chi connectivity index (χ0n) is 17.6. The third kappa shape index (κ3) is 4.18. The van der Waals surface area contributed by atoms with Gasteiger partial charge in [0.15, 0.2) is 0 Å². The Labute approximate surface area is 185 Å². The number of aryl methyl sites for hydroxylation is 1. The zero-order chi connectivity index (χ0) is 22.1. The first-order valence-corrected chi connectivity index (χ1v) is 10.5. The smallest absolute Gasteiger partial charge is 0.319 e. The minimum Gasteiger partial charge on any atom is -0.438 e. The second-order valence-corrected chi connectivity index (χ2v) is 7.92. The van der Waals surface area contributed by atoms with E-state index in [0.717, 1.165) is 22.9 Å². The van der Waals surface area contributed by atoms with E-state index in [0.29, 0.717) is 23.2 Å². The van der Waals surface area contributed by atoms with E-state index in [-0.39, 0.29) is 18.0 Å². The molecule has 32 heavy (non-hydrogen) atoms. The van der Waals surface area contributed by atoms with Crippen LogP contribution in [-0.4, -0.2) is 22.0 Å². The number of rotatable bonds is 5. The van der Waals surface area contributed by atoms with Crippen LogP contribution in [0.2, 0.25) is 0 Å². The summed E-state index contributed by atoms with van der Waals surface area (Å²) in [6, 6.07) is 23.3. The van der Waals surface area contributed by atoms with E-state index in [4.69, 9.17) is 10.5 Å². The van der Waals surface area contributed by atoms with Gasteiger partial charge >= 0.3 is 6.03 Å². The Bertz CT molecular complexity index is 1270. The third-order valence-electron chi connectivity index (χ3n) is 5.53. The van der Waals surface area contributed by atoms with E-state index in [9.17, 15) is 4.79 Å². The highest BCUT2D eigenvalue weighted by Gasteiger charge is 2.39. The standard InChI is InChI=1S/C25H23N5O2/c1-15-13-23(30-24(26)27-15)32-22-12-11-20(17-9-5-6-10-18(17)22)28-25(31)29-21-14-19(21)16-7-3-2-4-8-16/h2-13,19,21H,14H2,1H3,(H2,26,27,30)(H2,28,29,31). The van der Waals surface area contributed by atoms with Gasteiger partial charge in [-0.25, -0.2) is 9.78 Å². The molecule has 1 aliphatic rings. The van der Waals surface area contributed by atoms with Crippen molar-refractivity contribution < 1.29 is 9.53 Å². The number of nitrogens with one attached hydrogen (secondary N) is 2. The summed E-state index contributed by atoms with van der Waals surface area (Å²) in [4.78, 5) is 20.9. The molecule has 3 aromatic carbocycles. The van der Waals surface area contributed by atoms with Crippen molar-refractivity contribution in [1.29, 1.82) is 0 Å². The van der Waals surface area contributed by atoms with E-state index in [1.807, 2.05) is 61.5 Å². The molecule has 2 atom stereocenters. The fourth-order valence-corrected chi connectivity index (χ4v) is 3.95. The van der Waals surface area contributed by atoms with Gasteiger partial charge in [0, 0.05) is 34.5 Å². The van der Waals surface area contributed by atoms with E-state index >= 15 is 0 Å². The van der Waals surface area contributed by atoms with Crippen LogP contribution in [-0.2, 0) is 0 Å². The van der Waals surface area contributed by atoms with Gasteiger partial charge in [0.1, 0.15) is 5.75 Å². The lowest BCUT2D eigenvalue weighted by Crippen LogP contribution is -2.31. The number of ether oxygens (including phenoxy) is 1. The Morgan fingerprint density at radius 3 is 2.53 bits per heavy atom. The molecule has 0 aliphatic heterocycles. The fourth-order valence-electron chi connectivity index (χ4n) is 3.95. The number of benzene rings is 3. The third-order valence-corrected chi connectivity index (χ3v) is 5.53. The molecule has 1 aliphatic carbocycles. The lowest BCUT2D eigenvalue weighted by atomic mass is 10.1. The van der Waals surface area contributed by atoms with Crippen LogP contribution in [0.1, 0.15) is 23.6 Å². The normalized spacial score (nSPS) is 17.0. The van der Waals surface area contributed by atoms with Crippen molar-refractivity contribution in [2.75, 3.05) is 11.1 Å². The summed E-state index contributed by atoms with van der Waals surface area (Å²) >= 11 is 0. The lowest BCUT2D eigenvalue weighted by molar-refractivity contribution is 0.251. The average molecular weight is 425 g/mol. The van der Waals surface area contributed by atoms with E-state index in [1.54, 1.807) is 6.07 Å². The van der Waals surface area contributed by atoms with Crippen molar-refractivity contribution in [2.24, 2.45) is 0 Å². The maximum absolute atomic E-state index is 12.7. The SMILES string of the molecule is Cc1cc(Oc2ccc(NC(=O)NC3CC3c3ccccc3)c3ccccc23)nc(N)n1. The van der Waals surface area contributed by atoms with Gasteiger partial charge in [0.05, 0.1) is 5.69 Å². The molecule has 2 amide bonds. The molecule has 1 saturated carbocycles. The number of urea groups is 1. The van der Waals surface area contributed by atoms with Crippen LogP contribution in [0.3, 0.4) is 0 Å². The maximum Gasteiger partial charge on any atom is 0.319 e. The zero-order valence-corrected chi connectivity index (χ0v) is 17.6. The lowest BCUT2D eigenvalue weighted by Gasteiger charge is -2.14. The second kappa shape index (κ2) is 8.19. The van der Waals surface area contributed by atoms with Gasteiger partial charge in [-0.2, -0.15) is 4.98 Å². The molecule has 7 heteroatoms. The van der Waals surface area contributed by atoms with Gasteiger partial charge in [-0.1, -0.05) is 54.6 Å². The molecule has 1 aromatic heterocycles. The van der Waals surface area contributed by atoms with Crippen molar-refractivity contribution in [2.45, 2.75) is 25.3 Å². The van der Waals surface area contributed by atoms with Gasteiger partial charge in [-0.05, 0) is 31.0 Å². The molecule has 160 valence electrons. The molecule has 0 spiro atoms. The van der Waals surface area contributed by atoms with Crippen molar-refractivity contribution in [3.8, 4) is 11.6 Å². The molecule has 1 fully saturated rings. The van der Waals surface area contributed by atoms with Crippen molar-refractivity contribution in [1.82, 2.24) is 15.3 Å². The van der Waals surface area contributed by atoms with E-state index < -0.39 is 0 Å². The summed E-state index contributed by atoms with van der Waals surface area (Å²) in [5.74, 6) is 1.53. The van der Waals surface area contributed by atoms with Crippen LogP contribution < -0.4 is 21.1 Å². The molecule has 0 radical (unpaired) electrons. The van der Waals surface area contributed by atoms with Crippen molar-refractivity contribution in [3.05, 3.63) is 84.1 Å². The summed E-state index contributed by atoms with van der Waals surface area (Å²) in [6.07, 6.45) is 0.951. The number of hydrogen-bond acceptors (Lipinski definition) is 5. The maximum atomic E-state index is 12.7. The predicted molar refractivity (Wildman–Crippen MR) is 125 cm³/mol. The molecule has 7 nitrogen and oxygen atoms in total. The van der Waals surface area contributed by atoms with Gasteiger partial charge in [-0.15, -0.1) is 0 Å². The highest BCUT2D eigenvalue weighted by Crippen LogP contribution is 2.40. The number of amides is 2. The van der Waals surface area contributed by atoms with Crippen LogP contribution in [0, 0.1) is 6.92 Å². The van der Waals surface area contributed by atoms with Crippen LogP contribution in [0.5, 0.6) is 11.6 Å². The Morgan fingerprint density at radius 2 is 1.75 bits per heavy atom. The number of nitrogen functional groups attached to an aromatic ring is 1. The Hall–Kier alpha value is -4.13. The highest BCUT2D eigenvalue weighted by molar-refractivity contribution is 6.04. The molecule has 4 aromatic rings. The first-order valence-electron chi connectivity index (χ1n) is 10.5. The van der Waals surface area contributed by atoms with Crippen molar-refractivity contribution >= 4 is 28.4 Å². The number of fused-ring (bicyclic) bond motifs is 1. The van der Waals surface area contributed by atoms with Gasteiger partial charge in [-0.3, -0.25) is 0 Å². The first kappa shape index (κ1) is 19.8. The van der Waals surface area contributed by atoms with E-state index in [2.05, 4.69) is 32.7 Å². The quantitative estimate of drug-likeness (QED) is 0.418. The first-order chi connectivity index (χ1) is 15.6. The number of hydrogen-bond donors (Lipinski definition) is 3. The summed E-state index contributed by atoms with van der Waals surface area (Å²) in [6.45, 7) is 1.83. The summed E-state index contributed by atoms with van der Waals surface area (Å²) < 4.78 is 5.99. The molecule has 1 heterocycles. The van der Waals surface area contributed by atoms with Crippen LogP contribution in [0.4, 0.5) is 16.4 Å². The molecule has 0 bridgehead atoms. The van der Waals surface area contributed by atoms with Crippen LogP contribution >= 0.6 is 0 Å². The Kier molecular flexibility index (Phi) is 5.07. The number of nitrogens with two attached hydrogens (primary N) is 1. The highest BCUT2D eigenvalue weighted by atomic mass is 16.5. The minimum atomic E-state index is -0.216. The Morgan fingerprint density at radius 1 is 1.00 bits per heavy atom. The van der Waals surface area contributed by atoms with Crippen LogP contribution in [0.15, 0.2) is 72.8 Å². The monoisotopic (exact) mass is 425 g/mol.